The van der Waals surface area contributed by atoms with Crippen LogP contribution in [0, 0.1) is 5.92 Å². The van der Waals surface area contributed by atoms with Gasteiger partial charge in [0.15, 0.2) is 5.78 Å². The molecule has 0 spiro atoms. The lowest BCUT2D eigenvalue weighted by Crippen LogP contribution is -2.53. The van der Waals surface area contributed by atoms with Crippen molar-refractivity contribution in [2.45, 2.75) is 103 Å². The van der Waals surface area contributed by atoms with Gasteiger partial charge in [0.1, 0.15) is 17.9 Å². The molecule has 0 aliphatic carbocycles. The predicted octanol–water partition coefficient (Wildman–Crippen LogP) is 7.01. The summed E-state index contributed by atoms with van der Waals surface area (Å²) in [6.07, 6.45) is 6.24. The number of nitrogens with zero attached hydrogens (tertiary/aromatic N) is 4. The number of aromatic nitrogens is 3. The number of fused-ring (bicyclic) bond motifs is 3. The van der Waals surface area contributed by atoms with E-state index in [2.05, 4.69) is 57.4 Å². The summed E-state index contributed by atoms with van der Waals surface area (Å²) in [7, 11) is 1.27. The van der Waals surface area contributed by atoms with Crippen LogP contribution in [0.1, 0.15) is 95.3 Å². The van der Waals surface area contributed by atoms with Crippen LogP contribution < -0.4 is 10.6 Å². The van der Waals surface area contributed by atoms with Gasteiger partial charge in [0.2, 0.25) is 17.7 Å². The highest BCUT2D eigenvalue weighted by molar-refractivity contribution is 6.09. The zero-order valence-electron chi connectivity index (χ0n) is 34.6. The number of ether oxygens (including phenoxy) is 1. The first-order chi connectivity index (χ1) is 28.5. The molecule has 2 fully saturated rings. The summed E-state index contributed by atoms with van der Waals surface area (Å²) in [5, 5.41) is 7.73. The van der Waals surface area contributed by atoms with Crippen LogP contribution in [0.2, 0.25) is 0 Å². The van der Waals surface area contributed by atoms with Crippen molar-refractivity contribution in [1.29, 1.82) is 0 Å². The van der Waals surface area contributed by atoms with Crippen molar-refractivity contribution in [1.82, 2.24) is 35.0 Å². The normalized spacial score (nSPS) is 17.7. The molecule has 4 atom stereocenters. The Hall–Kier alpha value is -5.98. The van der Waals surface area contributed by atoms with Crippen molar-refractivity contribution in [2.75, 3.05) is 20.2 Å². The van der Waals surface area contributed by atoms with Gasteiger partial charge in [0.25, 0.3) is 0 Å². The van der Waals surface area contributed by atoms with Crippen LogP contribution in [0.3, 0.4) is 0 Å². The van der Waals surface area contributed by atoms with E-state index in [1.807, 2.05) is 61.3 Å². The second-order valence-electron chi connectivity index (χ2n) is 16.2. The average Bonchev–Trinajstić information content (AvgIpc) is 4.06. The summed E-state index contributed by atoms with van der Waals surface area (Å²) in [5.74, 6) is -0.164. The summed E-state index contributed by atoms with van der Waals surface area (Å²) < 4.78 is 7.10. The highest BCUT2D eigenvalue weighted by atomic mass is 16.5. The van der Waals surface area contributed by atoms with Crippen LogP contribution in [0.4, 0.5) is 4.79 Å². The maximum Gasteiger partial charge on any atom is 0.407 e. The van der Waals surface area contributed by atoms with Crippen molar-refractivity contribution in [2.24, 2.45) is 5.92 Å². The van der Waals surface area contributed by atoms with Crippen molar-refractivity contribution in [3.05, 3.63) is 89.9 Å². The lowest BCUT2D eigenvalue weighted by molar-refractivity contribution is -0.139. The van der Waals surface area contributed by atoms with Crippen LogP contribution in [-0.2, 0) is 36.9 Å². The minimum Gasteiger partial charge on any atom is -0.453 e. The summed E-state index contributed by atoms with van der Waals surface area (Å²) in [4.78, 5) is 77.5. The SMILES string of the molecule is CCCCn1c2cc(CC(=O)[C@@H]3CCCN3C(=O)[C@@H](NC(=O)OC)C(C)C)ccc2c2ccc(-c3cnc([C@@H]4CCCN4C(=O)[C@H](NC(C)=O)c4ccccc4)[nH]3)cc21. The van der Waals surface area contributed by atoms with Crippen LogP contribution in [-0.4, -0.2) is 86.2 Å². The van der Waals surface area contributed by atoms with E-state index in [1.54, 1.807) is 4.90 Å². The van der Waals surface area contributed by atoms with Crippen LogP contribution in [0.5, 0.6) is 0 Å². The first kappa shape index (κ1) is 41.2. The van der Waals surface area contributed by atoms with E-state index in [4.69, 9.17) is 9.72 Å². The van der Waals surface area contributed by atoms with E-state index in [0.717, 1.165) is 82.8 Å². The number of methoxy groups -OCH3 is 1. The van der Waals surface area contributed by atoms with Gasteiger partial charge in [-0.25, -0.2) is 9.78 Å². The molecule has 7 rings (SSSR count). The van der Waals surface area contributed by atoms with Gasteiger partial charge >= 0.3 is 6.09 Å². The number of Topliss-reactive ketones (excluding diaryl/α,β-unsaturated/α-hetero) is 1. The molecule has 5 aromatic rings. The van der Waals surface area contributed by atoms with Crippen LogP contribution in [0.25, 0.3) is 33.1 Å². The monoisotopic (exact) mass is 801 g/mol. The summed E-state index contributed by atoms with van der Waals surface area (Å²) in [5.41, 5.74) is 5.57. The number of alkyl carbamates (subject to hydrolysis) is 1. The number of carbonyl (C=O) groups excluding carboxylic acids is 5. The number of likely N-dealkylation sites (tertiary alicyclic amines) is 2. The molecule has 13 heteroatoms. The Balaban J connectivity index is 1.13. The number of carbonyl (C=O) groups is 5. The van der Waals surface area contributed by atoms with Gasteiger partial charge in [-0.15, -0.1) is 0 Å². The molecule has 3 aromatic carbocycles. The fourth-order valence-electron chi connectivity index (χ4n) is 8.81. The van der Waals surface area contributed by atoms with Crippen molar-refractivity contribution in [3.8, 4) is 11.3 Å². The third kappa shape index (κ3) is 8.60. The van der Waals surface area contributed by atoms with Gasteiger partial charge < -0.3 is 34.7 Å². The molecule has 4 heterocycles. The van der Waals surface area contributed by atoms with Gasteiger partial charge in [-0.05, 0) is 61.3 Å². The van der Waals surface area contributed by atoms with Gasteiger partial charge in [0, 0.05) is 60.3 Å². The number of rotatable bonds is 14. The molecule has 2 aliphatic rings. The van der Waals surface area contributed by atoms with Crippen molar-refractivity contribution >= 4 is 51.4 Å². The average molecular weight is 802 g/mol. The Bertz CT molecular complexity index is 2350. The molecular weight excluding hydrogens is 747 g/mol. The molecule has 13 nitrogen and oxygen atoms in total. The Morgan fingerprint density at radius 3 is 2.31 bits per heavy atom. The number of hydrogen-bond acceptors (Lipinski definition) is 7. The molecule has 310 valence electrons. The molecular formula is C46H55N7O6. The van der Waals surface area contributed by atoms with Gasteiger partial charge in [-0.3, -0.25) is 19.2 Å². The number of benzene rings is 3. The van der Waals surface area contributed by atoms with Crippen LogP contribution in [0.15, 0.2) is 72.9 Å². The fourth-order valence-corrected chi connectivity index (χ4v) is 8.81. The second-order valence-corrected chi connectivity index (χ2v) is 16.2. The summed E-state index contributed by atoms with van der Waals surface area (Å²) >= 11 is 0. The molecule has 4 amide bonds. The lowest BCUT2D eigenvalue weighted by Gasteiger charge is -2.30. The third-order valence-corrected chi connectivity index (χ3v) is 11.8. The third-order valence-electron chi connectivity index (χ3n) is 11.8. The summed E-state index contributed by atoms with van der Waals surface area (Å²) in [6.45, 7) is 9.16. The smallest absolute Gasteiger partial charge is 0.407 e. The highest BCUT2D eigenvalue weighted by Crippen LogP contribution is 2.36. The largest absolute Gasteiger partial charge is 0.453 e. The fraction of sp³-hybridized carbons (Fsp3) is 0.435. The Kier molecular flexibility index (Phi) is 12.5. The van der Waals surface area contributed by atoms with E-state index in [1.165, 1.54) is 14.0 Å². The number of aromatic amines is 1. The lowest BCUT2D eigenvalue weighted by atomic mass is 9.98. The van der Waals surface area contributed by atoms with E-state index in [9.17, 15) is 24.0 Å². The maximum absolute atomic E-state index is 14.0. The molecule has 0 radical (unpaired) electrons. The highest BCUT2D eigenvalue weighted by Gasteiger charge is 2.39. The van der Waals surface area contributed by atoms with Gasteiger partial charge in [-0.2, -0.15) is 0 Å². The zero-order valence-corrected chi connectivity index (χ0v) is 34.6. The van der Waals surface area contributed by atoms with Gasteiger partial charge in [0.05, 0.1) is 31.1 Å². The van der Waals surface area contributed by atoms with Gasteiger partial charge in [-0.1, -0.05) is 81.8 Å². The summed E-state index contributed by atoms with van der Waals surface area (Å²) in [6, 6.07) is 19.6. The quantitative estimate of drug-likeness (QED) is 0.109. The molecule has 2 aromatic heterocycles. The molecule has 2 aliphatic heterocycles. The number of nitrogens with one attached hydrogen (secondary N) is 3. The first-order valence-corrected chi connectivity index (χ1v) is 20.9. The minimum atomic E-state index is -0.782. The number of imidazole rings is 1. The maximum atomic E-state index is 14.0. The van der Waals surface area contributed by atoms with E-state index >= 15 is 0 Å². The predicted molar refractivity (Wildman–Crippen MR) is 226 cm³/mol. The number of aryl methyl sites for hydroxylation is 1. The minimum absolute atomic E-state index is 0.0161. The molecule has 2 saturated heterocycles. The molecule has 0 bridgehead atoms. The molecule has 59 heavy (non-hydrogen) atoms. The van der Waals surface area contributed by atoms with E-state index in [-0.39, 0.29) is 41.9 Å². The van der Waals surface area contributed by atoms with Crippen molar-refractivity contribution < 1.29 is 28.7 Å². The van der Waals surface area contributed by atoms with E-state index in [0.29, 0.717) is 25.3 Å². The molecule has 0 saturated carbocycles. The number of amides is 4. The second kappa shape index (κ2) is 17.9. The Labute approximate surface area is 344 Å². The number of hydrogen-bond donors (Lipinski definition) is 3. The van der Waals surface area contributed by atoms with Crippen LogP contribution >= 0.6 is 0 Å². The number of H-pyrrole nitrogens is 1. The molecule has 0 unspecified atom stereocenters. The zero-order chi connectivity index (χ0) is 41.8. The van der Waals surface area contributed by atoms with Crippen molar-refractivity contribution in [3.63, 3.8) is 0 Å². The Morgan fingerprint density at radius 1 is 0.881 bits per heavy atom. The Morgan fingerprint density at radius 2 is 1.59 bits per heavy atom. The van der Waals surface area contributed by atoms with E-state index < -0.39 is 24.2 Å². The standard InChI is InChI=1S/C46H55N7O6/c1-6-7-21-51-38-24-30(25-40(55)36-15-11-22-52(36)44(56)41(28(2)3)50-46(58)59-5)17-19-33(38)34-20-18-32(26-39(34)51)35-27-47-43(49-35)37-16-12-23-53(37)45(57)42(48-29(4)54)31-13-9-8-10-14-31/h8-10,13-14,17-20,24,26-28,36-37,41-42H,6-7,11-12,15-16,21-23,25H2,1-5H3,(H,47,49)(H,48,54)(H,50,58)/t36-,37-,41-,42+/m0/s1. The number of ketones is 1. The first-order valence-electron chi connectivity index (χ1n) is 20.9. The molecule has 3 N–H and O–H groups in total. The topological polar surface area (TPSA) is 159 Å². The number of unbranched alkanes of at least 4 members (excludes halogenated alkanes) is 1.